The molecule has 2 atom stereocenters. The van der Waals surface area contributed by atoms with E-state index < -0.39 is 0 Å². The molecular formula is C13H19NOS. The molecule has 0 spiro atoms. The summed E-state index contributed by atoms with van der Waals surface area (Å²) in [6.45, 7) is 5.05. The fourth-order valence-electron chi connectivity index (χ4n) is 2.26. The topological polar surface area (TPSA) is 20.3 Å². The minimum atomic E-state index is 0.167. The first-order valence-corrected chi connectivity index (χ1v) is 6.96. The van der Waals surface area contributed by atoms with Gasteiger partial charge in [-0.05, 0) is 30.7 Å². The normalized spacial score (nSPS) is 22.4. The highest BCUT2D eigenvalue weighted by Crippen LogP contribution is 2.35. The SMILES string of the molecule is CCC(C)C(=O)N1CCCC1c1cccs1. The quantitative estimate of drug-likeness (QED) is 0.788. The summed E-state index contributed by atoms with van der Waals surface area (Å²) in [5, 5.41) is 2.10. The number of carbonyl (C=O) groups is 1. The van der Waals surface area contributed by atoms with Crippen molar-refractivity contribution >= 4 is 17.2 Å². The minimum Gasteiger partial charge on any atom is -0.335 e. The molecule has 88 valence electrons. The summed E-state index contributed by atoms with van der Waals surface area (Å²) in [5.41, 5.74) is 0. The van der Waals surface area contributed by atoms with E-state index >= 15 is 0 Å². The van der Waals surface area contributed by atoms with Crippen LogP contribution < -0.4 is 0 Å². The van der Waals surface area contributed by atoms with Crippen LogP contribution in [-0.2, 0) is 4.79 Å². The van der Waals surface area contributed by atoms with Crippen LogP contribution in [-0.4, -0.2) is 17.4 Å². The number of hydrogen-bond acceptors (Lipinski definition) is 2. The molecule has 0 saturated carbocycles. The van der Waals surface area contributed by atoms with Crippen molar-refractivity contribution < 1.29 is 4.79 Å². The highest BCUT2D eigenvalue weighted by molar-refractivity contribution is 7.10. The van der Waals surface area contributed by atoms with Gasteiger partial charge < -0.3 is 4.90 Å². The summed E-state index contributed by atoms with van der Waals surface area (Å²) >= 11 is 1.77. The van der Waals surface area contributed by atoms with Crippen molar-refractivity contribution in [2.45, 2.75) is 39.2 Å². The fraction of sp³-hybridized carbons (Fsp3) is 0.615. The summed E-state index contributed by atoms with van der Waals surface area (Å²) < 4.78 is 0. The summed E-state index contributed by atoms with van der Waals surface area (Å²) in [5.74, 6) is 0.499. The van der Waals surface area contributed by atoms with Crippen molar-refractivity contribution in [2.75, 3.05) is 6.54 Å². The van der Waals surface area contributed by atoms with E-state index in [2.05, 4.69) is 29.3 Å². The zero-order valence-corrected chi connectivity index (χ0v) is 10.8. The Morgan fingerprint density at radius 1 is 1.69 bits per heavy atom. The third kappa shape index (κ3) is 2.14. The van der Waals surface area contributed by atoms with Crippen LogP contribution in [0.2, 0.25) is 0 Å². The maximum absolute atomic E-state index is 12.2. The maximum Gasteiger partial charge on any atom is 0.225 e. The van der Waals surface area contributed by atoms with Gasteiger partial charge in [-0.1, -0.05) is 19.9 Å². The average Bonchev–Trinajstić information content (AvgIpc) is 2.95. The molecule has 1 aromatic rings. The van der Waals surface area contributed by atoms with Gasteiger partial charge in [0.2, 0.25) is 5.91 Å². The number of thiophene rings is 1. The van der Waals surface area contributed by atoms with Gasteiger partial charge in [-0.2, -0.15) is 0 Å². The van der Waals surface area contributed by atoms with Crippen LogP contribution in [0.4, 0.5) is 0 Å². The molecule has 16 heavy (non-hydrogen) atoms. The van der Waals surface area contributed by atoms with Crippen LogP contribution in [0.3, 0.4) is 0 Å². The molecule has 1 aromatic heterocycles. The molecule has 1 aliphatic heterocycles. The van der Waals surface area contributed by atoms with Crippen molar-refractivity contribution in [2.24, 2.45) is 5.92 Å². The molecule has 1 fully saturated rings. The lowest BCUT2D eigenvalue weighted by molar-refractivity contribution is -0.136. The fourth-order valence-corrected chi connectivity index (χ4v) is 3.14. The van der Waals surface area contributed by atoms with Crippen molar-refractivity contribution in [1.29, 1.82) is 0 Å². The number of hydrogen-bond donors (Lipinski definition) is 0. The molecule has 1 aliphatic rings. The molecule has 2 nitrogen and oxygen atoms in total. The van der Waals surface area contributed by atoms with E-state index in [9.17, 15) is 4.79 Å². The smallest absolute Gasteiger partial charge is 0.225 e. The number of carbonyl (C=O) groups excluding carboxylic acids is 1. The minimum absolute atomic E-state index is 0.167. The number of nitrogens with zero attached hydrogens (tertiary/aromatic N) is 1. The van der Waals surface area contributed by atoms with Gasteiger partial charge in [-0.3, -0.25) is 4.79 Å². The monoisotopic (exact) mass is 237 g/mol. The van der Waals surface area contributed by atoms with Crippen molar-refractivity contribution in [3.05, 3.63) is 22.4 Å². The Kier molecular flexibility index (Phi) is 3.64. The number of rotatable bonds is 3. The second-order valence-electron chi connectivity index (χ2n) is 4.51. The van der Waals surface area contributed by atoms with Crippen LogP contribution in [0.1, 0.15) is 44.0 Å². The lowest BCUT2D eigenvalue weighted by Gasteiger charge is -2.26. The number of amides is 1. The molecule has 0 aliphatic carbocycles. The van der Waals surface area contributed by atoms with Gasteiger partial charge in [0.25, 0.3) is 0 Å². The zero-order valence-electron chi connectivity index (χ0n) is 9.98. The Morgan fingerprint density at radius 3 is 3.12 bits per heavy atom. The van der Waals surface area contributed by atoms with E-state index in [1.807, 2.05) is 6.92 Å². The molecule has 1 saturated heterocycles. The molecular weight excluding hydrogens is 218 g/mol. The summed E-state index contributed by atoms with van der Waals surface area (Å²) in [6.07, 6.45) is 3.21. The molecule has 0 aromatic carbocycles. The van der Waals surface area contributed by atoms with Gasteiger partial charge in [0.15, 0.2) is 0 Å². The maximum atomic E-state index is 12.2. The van der Waals surface area contributed by atoms with E-state index in [1.54, 1.807) is 11.3 Å². The van der Waals surface area contributed by atoms with Gasteiger partial charge in [-0.15, -0.1) is 11.3 Å². The predicted octanol–water partition coefficient (Wildman–Crippen LogP) is 3.46. The molecule has 0 radical (unpaired) electrons. The largest absolute Gasteiger partial charge is 0.335 e. The molecule has 0 N–H and O–H groups in total. The Labute approximate surface area is 101 Å². The second-order valence-corrected chi connectivity index (χ2v) is 5.49. The van der Waals surface area contributed by atoms with Crippen molar-refractivity contribution in [1.82, 2.24) is 4.90 Å². The summed E-state index contributed by atoms with van der Waals surface area (Å²) in [7, 11) is 0. The highest BCUT2D eigenvalue weighted by atomic mass is 32.1. The highest BCUT2D eigenvalue weighted by Gasteiger charge is 2.32. The van der Waals surface area contributed by atoms with Crippen molar-refractivity contribution in [3.8, 4) is 0 Å². The standard InChI is InChI=1S/C13H19NOS/c1-3-10(2)13(15)14-8-4-6-11(14)12-7-5-9-16-12/h5,7,9-11H,3-4,6,8H2,1-2H3. The van der Waals surface area contributed by atoms with E-state index in [0.717, 1.165) is 25.8 Å². The molecule has 2 rings (SSSR count). The third-order valence-corrected chi connectivity index (χ3v) is 4.41. The first-order chi connectivity index (χ1) is 7.74. The molecule has 0 bridgehead atoms. The third-order valence-electron chi connectivity index (χ3n) is 3.44. The van der Waals surface area contributed by atoms with Gasteiger partial charge in [0, 0.05) is 17.3 Å². The van der Waals surface area contributed by atoms with Crippen molar-refractivity contribution in [3.63, 3.8) is 0 Å². The van der Waals surface area contributed by atoms with Crippen LogP contribution in [0.15, 0.2) is 17.5 Å². The first-order valence-electron chi connectivity index (χ1n) is 6.08. The lowest BCUT2D eigenvalue weighted by atomic mass is 10.1. The summed E-state index contributed by atoms with van der Waals surface area (Å²) in [6, 6.07) is 4.57. The van der Waals surface area contributed by atoms with Crippen LogP contribution in [0.5, 0.6) is 0 Å². The number of likely N-dealkylation sites (tertiary alicyclic amines) is 1. The lowest BCUT2D eigenvalue weighted by Crippen LogP contribution is -2.34. The van der Waals surface area contributed by atoms with Crippen LogP contribution in [0.25, 0.3) is 0 Å². The van der Waals surface area contributed by atoms with E-state index in [1.165, 1.54) is 4.88 Å². The van der Waals surface area contributed by atoms with Crippen LogP contribution in [0, 0.1) is 5.92 Å². The molecule has 1 amide bonds. The average molecular weight is 237 g/mol. The molecule has 3 heteroatoms. The molecule has 2 heterocycles. The zero-order chi connectivity index (χ0) is 11.5. The molecule has 2 unspecified atom stereocenters. The van der Waals surface area contributed by atoms with Gasteiger partial charge in [0.1, 0.15) is 0 Å². The Hall–Kier alpha value is -0.830. The predicted molar refractivity (Wildman–Crippen MR) is 67.5 cm³/mol. The van der Waals surface area contributed by atoms with Gasteiger partial charge in [-0.25, -0.2) is 0 Å². The Balaban J connectivity index is 2.12. The van der Waals surface area contributed by atoms with Gasteiger partial charge in [0.05, 0.1) is 6.04 Å². The first kappa shape index (κ1) is 11.6. The second kappa shape index (κ2) is 5.00. The Bertz CT molecular complexity index is 347. The summed E-state index contributed by atoms with van der Waals surface area (Å²) in [4.78, 5) is 15.6. The van der Waals surface area contributed by atoms with E-state index in [-0.39, 0.29) is 5.92 Å². The van der Waals surface area contributed by atoms with Gasteiger partial charge >= 0.3 is 0 Å². The van der Waals surface area contributed by atoms with Crippen LogP contribution >= 0.6 is 11.3 Å². The van der Waals surface area contributed by atoms with E-state index in [4.69, 9.17) is 0 Å². The Morgan fingerprint density at radius 2 is 2.50 bits per heavy atom. The van der Waals surface area contributed by atoms with E-state index in [0.29, 0.717) is 11.9 Å².